The minimum Gasteiger partial charge on any atom is -0.349 e. The molecule has 3 N–H and O–H groups in total. The lowest BCUT2D eigenvalue weighted by molar-refractivity contribution is 0.0945. The molecule has 0 saturated heterocycles. The Hall–Kier alpha value is -0.940. The topological polar surface area (TPSA) is 68.0 Å². The third kappa shape index (κ3) is 3.51. The Labute approximate surface area is 107 Å². The van der Waals surface area contributed by atoms with Gasteiger partial charge in [-0.3, -0.25) is 4.79 Å². The molecule has 0 aliphatic carbocycles. The van der Waals surface area contributed by atoms with E-state index in [2.05, 4.69) is 10.3 Å². The fourth-order valence-electron chi connectivity index (χ4n) is 1.58. The number of aryl methyl sites for hydroxylation is 2. The number of hydrogen-bond donors (Lipinski definition) is 2. The molecule has 0 aliphatic heterocycles. The molecule has 0 unspecified atom stereocenters. The molecule has 0 atom stereocenters. The SMILES string of the molecule is CCC(N)(CC)CNC(=O)c1sc(C)nc1C. The van der Waals surface area contributed by atoms with Crippen LogP contribution in [0.5, 0.6) is 0 Å². The number of nitrogens with two attached hydrogens (primary N) is 1. The highest BCUT2D eigenvalue weighted by Crippen LogP contribution is 2.17. The van der Waals surface area contributed by atoms with Crippen molar-refractivity contribution in [1.29, 1.82) is 0 Å². The van der Waals surface area contributed by atoms with Gasteiger partial charge in [-0.1, -0.05) is 13.8 Å². The zero-order chi connectivity index (χ0) is 13.1. The number of nitrogens with zero attached hydrogens (tertiary/aromatic N) is 1. The van der Waals surface area contributed by atoms with Crippen LogP contribution >= 0.6 is 11.3 Å². The first-order valence-corrected chi connectivity index (χ1v) is 6.74. The lowest BCUT2D eigenvalue weighted by Gasteiger charge is -2.26. The lowest BCUT2D eigenvalue weighted by atomic mass is 9.94. The summed E-state index contributed by atoms with van der Waals surface area (Å²) < 4.78 is 0. The second-order valence-corrected chi connectivity index (χ2v) is 5.60. The van der Waals surface area contributed by atoms with Crippen LogP contribution in [0.25, 0.3) is 0 Å². The maximum absolute atomic E-state index is 12.0. The Morgan fingerprint density at radius 3 is 2.41 bits per heavy atom. The summed E-state index contributed by atoms with van der Waals surface area (Å²) in [5.74, 6) is -0.0650. The predicted octanol–water partition coefficient (Wildman–Crippen LogP) is 2.01. The highest BCUT2D eigenvalue weighted by Gasteiger charge is 2.22. The Balaban J connectivity index is 2.65. The van der Waals surface area contributed by atoms with E-state index in [4.69, 9.17) is 5.73 Å². The first-order chi connectivity index (χ1) is 7.91. The highest BCUT2D eigenvalue weighted by molar-refractivity contribution is 7.13. The first kappa shape index (κ1) is 14.1. The Morgan fingerprint density at radius 2 is 2.00 bits per heavy atom. The number of aromatic nitrogens is 1. The molecule has 1 rings (SSSR count). The van der Waals surface area contributed by atoms with Gasteiger partial charge in [-0.2, -0.15) is 0 Å². The van der Waals surface area contributed by atoms with Gasteiger partial charge in [0.1, 0.15) is 4.88 Å². The van der Waals surface area contributed by atoms with Gasteiger partial charge in [0, 0.05) is 12.1 Å². The molecule has 0 aliphatic rings. The van der Waals surface area contributed by atoms with Crippen molar-refractivity contribution in [1.82, 2.24) is 10.3 Å². The zero-order valence-corrected chi connectivity index (χ0v) is 11.8. The van der Waals surface area contributed by atoms with Gasteiger partial charge < -0.3 is 11.1 Å². The summed E-state index contributed by atoms with van der Waals surface area (Å²) in [7, 11) is 0. The van der Waals surface area contributed by atoms with Crippen LogP contribution in [0.4, 0.5) is 0 Å². The number of rotatable bonds is 5. The van der Waals surface area contributed by atoms with Crippen LogP contribution in [-0.2, 0) is 0 Å². The van der Waals surface area contributed by atoms with Crippen LogP contribution in [0, 0.1) is 13.8 Å². The number of nitrogens with one attached hydrogen (secondary N) is 1. The van der Waals surface area contributed by atoms with Crippen LogP contribution < -0.4 is 11.1 Å². The summed E-state index contributed by atoms with van der Waals surface area (Å²) in [4.78, 5) is 16.9. The monoisotopic (exact) mass is 255 g/mol. The molecule has 0 saturated carbocycles. The van der Waals surface area contributed by atoms with E-state index in [0.29, 0.717) is 11.4 Å². The maximum Gasteiger partial charge on any atom is 0.263 e. The maximum atomic E-state index is 12.0. The van der Waals surface area contributed by atoms with E-state index < -0.39 is 0 Å². The van der Waals surface area contributed by atoms with Crippen molar-refractivity contribution in [2.75, 3.05) is 6.54 Å². The largest absolute Gasteiger partial charge is 0.349 e. The van der Waals surface area contributed by atoms with Gasteiger partial charge in [-0.15, -0.1) is 11.3 Å². The lowest BCUT2D eigenvalue weighted by Crippen LogP contribution is -2.49. The predicted molar refractivity (Wildman–Crippen MR) is 71.4 cm³/mol. The molecule has 17 heavy (non-hydrogen) atoms. The molecule has 0 fully saturated rings. The molecule has 5 heteroatoms. The average Bonchev–Trinajstić information content (AvgIpc) is 2.65. The second kappa shape index (κ2) is 5.60. The van der Waals surface area contributed by atoms with Crippen molar-refractivity contribution in [2.24, 2.45) is 5.73 Å². The summed E-state index contributed by atoms with van der Waals surface area (Å²) >= 11 is 1.42. The minimum absolute atomic E-state index is 0.0650. The number of carbonyl (C=O) groups is 1. The van der Waals surface area contributed by atoms with Gasteiger partial charge in [-0.25, -0.2) is 4.98 Å². The van der Waals surface area contributed by atoms with Crippen molar-refractivity contribution in [3.63, 3.8) is 0 Å². The molecule has 1 aromatic rings. The van der Waals surface area contributed by atoms with Crippen molar-refractivity contribution in [3.05, 3.63) is 15.6 Å². The van der Waals surface area contributed by atoms with Gasteiger partial charge in [0.15, 0.2) is 0 Å². The van der Waals surface area contributed by atoms with Crippen LogP contribution in [0.1, 0.15) is 47.1 Å². The molecule has 96 valence electrons. The number of thiazole rings is 1. The normalized spacial score (nSPS) is 11.6. The van der Waals surface area contributed by atoms with Crippen LogP contribution in [0.2, 0.25) is 0 Å². The van der Waals surface area contributed by atoms with Crippen molar-refractivity contribution >= 4 is 17.2 Å². The molecule has 1 heterocycles. The first-order valence-electron chi connectivity index (χ1n) is 5.93. The summed E-state index contributed by atoms with van der Waals surface area (Å²) in [6, 6.07) is 0. The second-order valence-electron chi connectivity index (χ2n) is 4.40. The van der Waals surface area contributed by atoms with Crippen LogP contribution in [0.3, 0.4) is 0 Å². The Morgan fingerprint density at radius 1 is 1.41 bits per heavy atom. The molecule has 0 bridgehead atoms. The summed E-state index contributed by atoms with van der Waals surface area (Å²) in [5.41, 5.74) is 6.63. The van der Waals surface area contributed by atoms with E-state index in [1.165, 1.54) is 11.3 Å². The van der Waals surface area contributed by atoms with E-state index in [9.17, 15) is 4.79 Å². The van der Waals surface area contributed by atoms with E-state index in [1.54, 1.807) is 0 Å². The van der Waals surface area contributed by atoms with E-state index >= 15 is 0 Å². The third-order valence-corrected chi connectivity index (χ3v) is 4.19. The van der Waals surface area contributed by atoms with Crippen molar-refractivity contribution in [3.8, 4) is 0 Å². The smallest absolute Gasteiger partial charge is 0.263 e. The fourth-order valence-corrected chi connectivity index (χ4v) is 2.41. The quantitative estimate of drug-likeness (QED) is 0.845. The Bertz CT molecular complexity index is 396. The molecular formula is C12H21N3OS. The third-order valence-electron chi connectivity index (χ3n) is 3.12. The van der Waals surface area contributed by atoms with Crippen LogP contribution in [-0.4, -0.2) is 23.0 Å². The minimum atomic E-state index is -0.302. The number of hydrogen-bond acceptors (Lipinski definition) is 4. The van der Waals surface area contributed by atoms with Gasteiger partial charge in [0.25, 0.3) is 5.91 Å². The van der Waals surface area contributed by atoms with Gasteiger partial charge in [-0.05, 0) is 26.7 Å². The fraction of sp³-hybridized carbons (Fsp3) is 0.667. The molecule has 0 spiro atoms. The van der Waals surface area contributed by atoms with Crippen LogP contribution in [0.15, 0.2) is 0 Å². The van der Waals surface area contributed by atoms with Crippen molar-refractivity contribution in [2.45, 2.75) is 46.1 Å². The molecule has 4 nitrogen and oxygen atoms in total. The average molecular weight is 255 g/mol. The van der Waals surface area contributed by atoms with Gasteiger partial charge >= 0.3 is 0 Å². The standard InChI is InChI=1S/C12H21N3OS/c1-5-12(13,6-2)7-14-11(16)10-8(3)15-9(4)17-10/h5-7,13H2,1-4H3,(H,14,16). The molecule has 0 aromatic carbocycles. The van der Waals surface area contributed by atoms with E-state index in [-0.39, 0.29) is 11.4 Å². The molecule has 1 amide bonds. The molecular weight excluding hydrogens is 234 g/mol. The van der Waals surface area contributed by atoms with E-state index in [0.717, 1.165) is 23.5 Å². The summed E-state index contributed by atoms with van der Waals surface area (Å²) in [6.45, 7) is 8.35. The van der Waals surface area contributed by atoms with Crippen molar-refractivity contribution < 1.29 is 4.79 Å². The Kier molecular flexibility index (Phi) is 4.65. The number of amides is 1. The highest BCUT2D eigenvalue weighted by atomic mass is 32.1. The molecule has 1 aromatic heterocycles. The zero-order valence-electron chi connectivity index (χ0n) is 11.0. The summed E-state index contributed by atoms with van der Waals surface area (Å²) in [6.07, 6.45) is 1.70. The van der Waals surface area contributed by atoms with Gasteiger partial charge in [0.2, 0.25) is 0 Å². The summed E-state index contributed by atoms with van der Waals surface area (Å²) in [5, 5.41) is 3.82. The molecule has 0 radical (unpaired) electrons. The van der Waals surface area contributed by atoms with Gasteiger partial charge in [0.05, 0.1) is 10.7 Å². The number of carbonyl (C=O) groups excluding carboxylic acids is 1. The van der Waals surface area contributed by atoms with E-state index in [1.807, 2.05) is 27.7 Å².